The standard InChI is InChI=1S/C15H18N8O/c1-10-7-12-13(8-11(10)16-9-24)23-15(18-19-20-23)14(17-12)22-5-3-21(2)4-6-22/h7-9H,3-6H2,1-2H3,(H,16,24). The third-order valence-corrected chi connectivity index (χ3v) is 4.46. The lowest BCUT2D eigenvalue weighted by Gasteiger charge is -2.33. The van der Waals surface area contributed by atoms with Crippen molar-refractivity contribution in [2.24, 2.45) is 0 Å². The van der Waals surface area contributed by atoms with Gasteiger partial charge >= 0.3 is 0 Å². The Labute approximate surface area is 138 Å². The Balaban J connectivity index is 1.90. The third kappa shape index (κ3) is 2.33. The van der Waals surface area contributed by atoms with Gasteiger partial charge in [0.15, 0.2) is 5.82 Å². The minimum Gasteiger partial charge on any atom is -0.351 e. The number of hydrogen-bond donors (Lipinski definition) is 1. The number of aryl methyl sites for hydroxylation is 1. The van der Waals surface area contributed by atoms with Crippen LogP contribution in [0.25, 0.3) is 16.7 Å². The van der Waals surface area contributed by atoms with Crippen molar-refractivity contribution in [2.45, 2.75) is 6.92 Å². The van der Waals surface area contributed by atoms with Crippen LogP contribution in [0.5, 0.6) is 0 Å². The zero-order chi connectivity index (χ0) is 16.7. The van der Waals surface area contributed by atoms with Gasteiger partial charge in [-0.15, -0.1) is 5.10 Å². The highest BCUT2D eigenvalue weighted by atomic mass is 16.1. The first-order chi connectivity index (χ1) is 11.7. The fourth-order valence-electron chi connectivity index (χ4n) is 3.04. The molecule has 0 saturated carbocycles. The summed E-state index contributed by atoms with van der Waals surface area (Å²) in [6.45, 7) is 5.68. The number of nitrogens with zero attached hydrogens (tertiary/aromatic N) is 7. The lowest BCUT2D eigenvalue weighted by atomic mass is 10.1. The Bertz CT molecular complexity index is 913. The average molecular weight is 326 g/mol. The first-order valence-corrected chi connectivity index (χ1v) is 7.83. The molecular formula is C15H18N8O. The zero-order valence-corrected chi connectivity index (χ0v) is 13.6. The number of likely N-dealkylation sites (N-methyl/N-ethyl adjacent to an activating group) is 1. The molecule has 9 nitrogen and oxygen atoms in total. The molecule has 0 spiro atoms. The Morgan fingerprint density at radius 3 is 2.75 bits per heavy atom. The van der Waals surface area contributed by atoms with E-state index in [0.717, 1.165) is 54.3 Å². The fourth-order valence-corrected chi connectivity index (χ4v) is 3.04. The van der Waals surface area contributed by atoms with Crippen LogP contribution in [0.1, 0.15) is 5.56 Å². The Morgan fingerprint density at radius 2 is 2.00 bits per heavy atom. The van der Waals surface area contributed by atoms with E-state index < -0.39 is 0 Å². The number of aromatic nitrogens is 5. The van der Waals surface area contributed by atoms with E-state index in [0.29, 0.717) is 12.1 Å². The van der Waals surface area contributed by atoms with Gasteiger partial charge in [-0.3, -0.25) is 4.79 Å². The number of hydrogen-bond acceptors (Lipinski definition) is 7. The number of piperazine rings is 1. The van der Waals surface area contributed by atoms with Crippen LogP contribution in [0.3, 0.4) is 0 Å². The molecule has 0 bridgehead atoms. The average Bonchev–Trinajstić information content (AvgIpc) is 3.06. The molecule has 1 aromatic carbocycles. The maximum absolute atomic E-state index is 10.8. The molecular weight excluding hydrogens is 308 g/mol. The largest absolute Gasteiger partial charge is 0.351 e. The second-order valence-corrected chi connectivity index (χ2v) is 6.06. The van der Waals surface area contributed by atoms with Gasteiger partial charge in [-0.1, -0.05) is 0 Å². The summed E-state index contributed by atoms with van der Waals surface area (Å²) in [5.74, 6) is 0.802. The van der Waals surface area contributed by atoms with Gasteiger partial charge in [0.25, 0.3) is 0 Å². The predicted molar refractivity (Wildman–Crippen MR) is 90.2 cm³/mol. The minimum atomic E-state index is 0.632. The van der Waals surface area contributed by atoms with Crippen LogP contribution >= 0.6 is 0 Å². The molecule has 3 heterocycles. The highest BCUT2D eigenvalue weighted by Gasteiger charge is 2.21. The number of anilines is 2. The SMILES string of the molecule is Cc1cc2nc(N3CCN(C)CC3)c3nnnn3c2cc1NC=O. The van der Waals surface area contributed by atoms with Gasteiger partial charge in [0.1, 0.15) is 0 Å². The van der Waals surface area contributed by atoms with E-state index in [4.69, 9.17) is 4.98 Å². The molecule has 0 unspecified atom stereocenters. The van der Waals surface area contributed by atoms with Crippen LogP contribution < -0.4 is 10.2 Å². The first-order valence-electron chi connectivity index (χ1n) is 7.83. The first kappa shape index (κ1) is 14.8. The fraction of sp³-hybridized carbons (Fsp3) is 0.400. The van der Waals surface area contributed by atoms with Crippen LogP contribution in [-0.2, 0) is 4.79 Å². The third-order valence-electron chi connectivity index (χ3n) is 4.46. The van der Waals surface area contributed by atoms with E-state index in [2.05, 4.69) is 37.7 Å². The molecule has 3 aromatic rings. The molecule has 1 aliphatic heterocycles. The molecule has 1 aliphatic rings. The molecule has 24 heavy (non-hydrogen) atoms. The molecule has 1 N–H and O–H groups in total. The molecule has 2 aromatic heterocycles. The molecule has 9 heteroatoms. The summed E-state index contributed by atoms with van der Waals surface area (Å²) in [6, 6.07) is 3.80. The summed E-state index contributed by atoms with van der Waals surface area (Å²) in [7, 11) is 2.12. The van der Waals surface area contributed by atoms with Crippen LogP contribution in [0, 0.1) is 6.92 Å². The normalized spacial score (nSPS) is 16.0. The number of amides is 1. The smallest absolute Gasteiger partial charge is 0.222 e. The van der Waals surface area contributed by atoms with Crippen molar-refractivity contribution in [3.8, 4) is 0 Å². The molecule has 0 atom stereocenters. The number of carbonyl (C=O) groups is 1. The van der Waals surface area contributed by atoms with Crippen LogP contribution in [-0.4, -0.2) is 69.6 Å². The second kappa shape index (κ2) is 5.68. The molecule has 0 radical (unpaired) electrons. The van der Waals surface area contributed by atoms with Gasteiger partial charge < -0.3 is 15.1 Å². The van der Waals surface area contributed by atoms with Crippen molar-refractivity contribution in [2.75, 3.05) is 43.4 Å². The van der Waals surface area contributed by atoms with E-state index >= 15 is 0 Å². The summed E-state index contributed by atoms with van der Waals surface area (Å²) in [5.41, 5.74) is 3.87. The Hall–Kier alpha value is -2.81. The zero-order valence-electron chi connectivity index (χ0n) is 13.6. The van der Waals surface area contributed by atoms with Crippen LogP contribution in [0.4, 0.5) is 11.5 Å². The summed E-state index contributed by atoms with van der Waals surface area (Å²) < 4.78 is 1.69. The Kier molecular flexibility index (Phi) is 3.49. The van der Waals surface area contributed by atoms with Crippen molar-refractivity contribution in [1.82, 2.24) is 29.9 Å². The predicted octanol–water partition coefficient (Wildman–Crippen LogP) is 0.301. The quantitative estimate of drug-likeness (QED) is 0.692. The van der Waals surface area contributed by atoms with E-state index in [1.807, 2.05) is 19.1 Å². The second-order valence-electron chi connectivity index (χ2n) is 6.06. The lowest BCUT2D eigenvalue weighted by Crippen LogP contribution is -2.45. The Morgan fingerprint density at radius 1 is 1.21 bits per heavy atom. The van der Waals surface area contributed by atoms with Crippen LogP contribution in [0.15, 0.2) is 12.1 Å². The molecule has 1 amide bonds. The van der Waals surface area contributed by atoms with E-state index in [1.54, 1.807) is 4.52 Å². The highest BCUT2D eigenvalue weighted by Crippen LogP contribution is 2.27. The number of carbonyl (C=O) groups excluding carboxylic acids is 1. The van der Waals surface area contributed by atoms with Crippen molar-refractivity contribution < 1.29 is 4.79 Å². The summed E-state index contributed by atoms with van der Waals surface area (Å²) in [6.07, 6.45) is 0.664. The van der Waals surface area contributed by atoms with Gasteiger partial charge in [-0.25, -0.2) is 4.98 Å². The number of benzene rings is 1. The summed E-state index contributed by atoms with van der Waals surface area (Å²) in [4.78, 5) is 20.1. The van der Waals surface area contributed by atoms with Crippen molar-refractivity contribution in [3.05, 3.63) is 17.7 Å². The number of fused-ring (bicyclic) bond motifs is 3. The number of rotatable bonds is 3. The minimum absolute atomic E-state index is 0.632. The molecule has 0 aliphatic carbocycles. The van der Waals surface area contributed by atoms with Gasteiger partial charge in [0.05, 0.1) is 11.0 Å². The summed E-state index contributed by atoms with van der Waals surface area (Å²) in [5, 5.41) is 14.8. The van der Waals surface area contributed by atoms with Crippen molar-refractivity contribution >= 4 is 34.6 Å². The van der Waals surface area contributed by atoms with Gasteiger partial charge in [-0.2, -0.15) is 4.52 Å². The number of tetrazole rings is 1. The lowest BCUT2D eigenvalue weighted by molar-refractivity contribution is -0.105. The van der Waals surface area contributed by atoms with Gasteiger partial charge in [0.2, 0.25) is 12.1 Å². The van der Waals surface area contributed by atoms with E-state index in [-0.39, 0.29) is 0 Å². The molecule has 1 fully saturated rings. The van der Waals surface area contributed by atoms with E-state index in [1.165, 1.54) is 0 Å². The monoisotopic (exact) mass is 326 g/mol. The summed E-state index contributed by atoms with van der Waals surface area (Å²) >= 11 is 0. The van der Waals surface area contributed by atoms with Crippen molar-refractivity contribution in [3.63, 3.8) is 0 Å². The van der Waals surface area contributed by atoms with Gasteiger partial charge in [-0.05, 0) is 42.1 Å². The molecule has 4 rings (SSSR count). The van der Waals surface area contributed by atoms with E-state index in [9.17, 15) is 4.79 Å². The number of nitrogens with one attached hydrogen (secondary N) is 1. The maximum Gasteiger partial charge on any atom is 0.222 e. The van der Waals surface area contributed by atoms with Gasteiger partial charge in [0, 0.05) is 31.9 Å². The van der Waals surface area contributed by atoms with Crippen molar-refractivity contribution in [1.29, 1.82) is 0 Å². The van der Waals surface area contributed by atoms with Crippen LogP contribution in [0.2, 0.25) is 0 Å². The highest BCUT2D eigenvalue weighted by molar-refractivity contribution is 5.88. The molecule has 124 valence electrons. The molecule has 1 saturated heterocycles. The maximum atomic E-state index is 10.8. The topological polar surface area (TPSA) is 91.6 Å².